The number of hydrogen-bond donors (Lipinski definition) is 2. The van der Waals surface area contributed by atoms with E-state index in [0.29, 0.717) is 24.3 Å². The van der Waals surface area contributed by atoms with Gasteiger partial charge in [0.05, 0.1) is 5.56 Å². The van der Waals surface area contributed by atoms with E-state index in [4.69, 9.17) is 0 Å². The smallest absolute Gasteiger partial charge is 0.329 e. The number of rotatable bonds is 4. The summed E-state index contributed by atoms with van der Waals surface area (Å²) in [4.78, 5) is 23.6. The summed E-state index contributed by atoms with van der Waals surface area (Å²) in [7, 11) is 0. The third-order valence-electron chi connectivity index (χ3n) is 4.08. The number of hydrogen-bond acceptors (Lipinski definition) is 3. The van der Waals surface area contributed by atoms with Crippen molar-refractivity contribution in [2.24, 2.45) is 5.92 Å². The Kier molecular flexibility index (Phi) is 4.24. The maximum atomic E-state index is 12.1. The van der Waals surface area contributed by atoms with E-state index >= 15 is 0 Å². The lowest BCUT2D eigenvalue weighted by atomic mass is 9.75. The molecule has 19 heavy (non-hydrogen) atoms. The van der Waals surface area contributed by atoms with Gasteiger partial charge in [0.2, 0.25) is 0 Å². The summed E-state index contributed by atoms with van der Waals surface area (Å²) in [5.41, 5.74) is -0.534. The number of aliphatic carboxylic acids is 1. The predicted octanol–water partition coefficient (Wildman–Crippen LogP) is 2.90. The number of carbonyl (C=O) groups excluding carboxylic acids is 1. The highest BCUT2D eigenvalue weighted by Gasteiger charge is 2.43. The molecule has 0 saturated heterocycles. The van der Waals surface area contributed by atoms with E-state index in [9.17, 15) is 14.7 Å². The number of carbonyl (C=O) groups is 2. The van der Waals surface area contributed by atoms with Gasteiger partial charge >= 0.3 is 5.97 Å². The summed E-state index contributed by atoms with van der Waals surface area (Å²) in [5, 5.41) is 15.8. The Hall–Kier alpha value is -1.36. The van der Waals surface area contributed by atoms with Crippen LogP contribution in [0.15, 0.2) is 16.8 Å². The topological polar surface area (TPSA) is 66.4 Å². The third kappa shape index (κ3) is 2.97. The molecule has 0 atom stereocenters. The first-order valence-corrected chi connectivity index (χ1v) is 7.60. The van der Waals surface area contributed by atoms with Crippen molar-refractivity contribution >= 4 is 23.2 Å². The maximum absolute atomic E-state index is 12.1. The van der Waals surface area contributed by atoms with Crippen molar-refractivity contribution < 1.29 is 14.7 Å². The summed E-state index contributed by atoms with van der Waals surface area (Å²) in [5.74, 6) is -0.602. The van der Waals surface area contributed by atoms with Gasteiger partial charge in [-0.05, 0) is 43.0 Å². The molecule has 0 bridgehead atoms. The molecule has 1 aromatic heterocycles. The molecule has 0 spiro atoms. The van der Waals surface area contributed by atoms with Gasteiger partial charge in [0, 0.05) is 5.38 Å². The Morgan fingerprint density at radius 3 is 2.63 bits per heavy atom. The highest BCUT2D eigenvalue weighted by molar-refractivity contribution is 7.08. The van der Waals surface area contributed by atoms with Crippen LogP contribution < -0.4 is 5.32 Å². The molecule has 1 amide bonds. The molecule has 5 heteroatoms. The monoisotopic (exact) mass is 281 g/mol. The molecule has 0 radical (unpaired) electrons. The van der Waals surface area contributed by atoms with E-state index in [1.165, 1.54) is 11.3 Å². The molecule has 104 valence electrons. The van der Waals surface area contributed by atoms with E-state index in [2.05, 4.69) is 12.2 Å². The SMILES string of the molecule is CCC1CCC(NC(=O)c2ccsc2)(C(=O)O)CC1. The van der Waals surface area contributed by atoms with Crippen LogP contribution in [0, 0.1) is 5.92 Å². The molecule has 0 aliphatic heterocycles. The van der Waals surface area contributed by atoms with Gasteiger partial charge in [0.1, 0.15) is 5.54 Å². The molecule has 1 fully saturated rings. The molecule has 2 rings (SSSR count). The Morgan fingerprint density at radius 1 is 1.47 bits per heavy atom. The molecule has 0 aromatic carbocycles. The summed E-state index contributed by atoms with van der Waals surface area (Å²) >= 11 is 1.43. The van der Waals surface area contributed by atoms with Crippen LogP contribution in [0.4, 0.5) is 0 Å². The van der Waals surface area contributed by atoms with Crippen LogP contribution in [0.1, 0.15) is 49.4 Å². The van der Waals surface area contributed by atoms with Crippen molar-refractivity contribution in [3.63, 3.8) is 0 Å². The van der Waals surface area contributed by atoms with Crippen LogP contribution in [-0.4, -0.2) is 22.5 Å². The van der Waals surface area contributed by atoms with Crippen molar-refractivity contribution in [3.05, 3.63) is 22.4 Å². The van der Waals surface area contributed by atoms with Crippen molar-refractivity contribution in [1.29, 1.82) is 0 Å². The lowest BCUT2D eigenvalue weighted by Gasteiger charge is -2.37. The fraction of sp³-hybridized carbons (Fsp3) is 0.571. The second-order valence-electron chi connectivity index (χ2n) is 5.21. The second kappa shape index (κ2) is 5.74. The van der Waals surface area contributed by atoms with E-state index in [1.807, 2.05) is 5.38 Å². The zero-order valence-corrected chi connectivity index (χ0v) is 11.8. The number of nitrogens with one attached hydrogen (secondary N) is 1. The Labute approximate surface area is 116 Å². The van der Waals surface area contributed by atoms with Gasteiger partial charge in [-0.1, -0.05) is 13.3 Å². The van der Waals surface area contributed by atoms with Gasteiger partial charge < -0.3 is 10.4 Å². The van der Waals surface area contributed by atoms with E-state index in [0.717, 1.165) is 19.3 Å². The first-order chi connectivity index (χ1) is 9.07. The quantitative estimate of drug-likeness (QED) is 0.891. The Bertz CT molecular complexity index is 447. The average molecular weight is 281 g/mol. The minimum atomic E-state index is -1.08. The van der Waals surface area contributed by atoms with Gasteiger partial charge in [0.15, 0.2) is 0 Å². The van der Waals surface area contributed by atoms with E-state index in [-0.39, 0.29) is 5.91 Å². The minimum Gasteiger partial charge on any atom is -0.480 e. The highest BCUT2D eigenvalue weighted by Crippen LogP contribution is 2.34. The van der Waals surface area contributed by atoms with Crippen molar-refractivity contribution in [1.82, 2.24) is 5.32 Å². The maximum Gasteiger partial charge on any atom is 0.329 e. The molecule has 0 unspecified atom stereocenters. The van der Waals surface area contributed by atoms with Gasteiger partial charge in [-0.2, -0.15) is 11.3 Å². The highest BCUT2D eigenvalue weighted by atomic mass is 32.1. The number of carboxylic acids is 1. The Morgan fingerprint density at radius 2 is 2.16 bits per heavy atom. The molecular weight excluding hydrogens is 262 g/mol. The van der Waals surface area contributed by atoms with E-state index in [1.54, 1.807) is 11.4 Å². The molecule has 1 saturated carbocycles. The lowest BCUT2D eigenvalue weighted by Crippen LogP contribution is -2.56. The molecule has 1 aliphatic carbocycles. The van der Waals surface area contributed by atoms with Crippen molar-refractivity contribution in [3.8, 4) is 0 Å². The molecule has 2 N–H and O–H groups in total. The second-order valence-corrected chi connectivity index (χ2v) is 5.99. The third-order valence-corrected chi connectivity index (χ3v) is 4.76. The van der Waals surface area contributed by atoms with Crippen LogP contribution in [0.3, 0.4) is 0 Å². The Balaban J connectivity index is 2.09. The van der Waals surface area contributed by atoms with Gasteiger partial charge in [0.25, 0.3) is 5.91 Å². The first-order valence-electron chi connectivity index (χ1n) is 6.65. The standard InChI is InChI=1S/C14H19NO3S/c1-2-10-3-6-14(7-4-10,13(17)18)15-12(16)11-5-8-19-9-11/h5,8-10H,2-4,6-7H2,1H3,(H,15,16)(H,17,18). The normalized spacial score (nSPS) is 26.9. The summed E-state index contributed by atoms with van der Waals surface area (Å²) in [6.45, 7) is 2.13. The van der Waals surface area contributed by atoms with E-state index < -0.39 is 11.5 Å². The minimum absolute atomic E-state index is 0.279. The van der Waals surface area contributed by atoms with Gasteiger partial charge in [-0.3, -0.25) is 4.79 Å². The van der Waals surface area contributed by atoms with Gasteiger partial charge in [-0.25, -0.2) is 4.79 Å². The average Bonchev–Trinajstić information content (AvgIpc) is 2.93. The zero-order valence-electron chi connectivity index (χ0n) is 11.0. The van der Waals surface area contributed by atoms with Crippen molar-refractivity contribution in [2.75, 3.05) is 0 Å². The molecular formula is C14H19NO3S. The van der Waals surface area contributed by atoms with Crippen LogP contribution in [0.2, 0.25) is 0 Å². The molecule has 1 aromatic rings. The predicted molar refractivity (Wildman–Crippen MR) is 74.4 cm³/mol. The van der Waals surface area contributed by atoms with Crippen LogP contribution in [0.25, 0.3) is 0 Å². The fourth-order valence-electron chi connectivity index (χ4n) is 2.65. The first kappa shape index (κ1) is 14.1. The zero-order chi connectivity index (χ0) is 13.9. The summed E-state index contributed by atoms with van der Waals surface area (Å²) in [6, 6.07) is 1.72. The summed E-state index contributed by atoms with van der Waals surface area (Å²) < 4.78 is 0. The van der Waals surface area contributed by atoms with Gasteiger partial charge in [-0.15, -0.1) is 0 Å². The largest absolute Gasteiger partial charge is 0.480 e. The van der Waals surface area contributed by atoms with Crippen molar-refractivity contribution in [2.45, 2.75) is 44.6 Å². The number of carboxylic acid groups (broad SMARTS) is 1. The number of thiophene rings is 1. The molecule has 4 nitrogen and oxygen atoms in total. The van der Waals surface area contributed by atoms with Crippen LogP contribution >= 0.6 is 11.3 Å². The molecule has 1 heterocycles. The lowest BCUT2D eigenvalue weighted by molar-refractivity contribution is -0.146. The van der Waals surface area contributed by atoms with Crippen LogP contribution in [0.5, 0.6) is 0 Å². The number of amides is 1. The van der Waals surface area contributed by atoms with Crippen LogP contribution in [-0.2, 0) is 4.79 Å². The fourth-order valence-corrected chi connectivity index (χ4v) is 3.29. The molecule has 1 aliphatic rings. The summed E-state index contributed by atoms with van der Waals surface area (Å²) in [6.07, 6.45) is 3.86.